The van der Waals surface area contributed by atoms with Gasteiger partial charge in [0, 0.05) is 0 Å². The molecular weight excluding hydrogens is 216 g/mol. The maximum Gasteiger partial charge on any atom is -0.0132 e. The minimum Gasteiger partial charge on any atom is -0.0807 e. The maximum absolute atomic E-state index is 2.32. The van der Waals surface area contributed by atoms with Gasteiger partial charge in [0.05, 0.1) is 0 Å². The number of benzene rings is 1. The highest BCUT2D eigenvalue weighted by Crippen LogP contribution is 2.28. The summed E-state index contributed by atoms with van der Waals surface area (Å²) < 4.78 is 0. The van der Waals surface area contributed by atoms with E-state index < -0.39 is 0 Å². The van der Waals surface area contributed by atoms with Crippen molar-refractivity contribution in [2.24, 2.45) is 0 Å². The van der Waals surface area contributed by atoms with Gasteiger partial charge >= 0.3 is 0 Å². The molecule has 0 saturated heterocycles. The average Bonchev–Trinajstić information content (AvgIpc) is 2.55. The zero-order valence-electron chi connectivity index (χ0n) is 11.8. The van der Waals surface area contributed by atoms with Gasteiger partial charge in [-0.15, -0.1) is 0 Å². The summed E-state index contributed by atoms with van der Waals surface area (Å²) in [5.41, 5.74) is 5.56. The fourth-order valence-corrected chi connectivity index (χ4v) is 2.15. The van der Waals surface area contributed by atoms with Crippen LogP contribution in [0.15, 0.2) is 48.6 Å². The molecule has 0 fully saturated rings. The van der Waals surface area contributed by atoms with E-state index in [0.29, 0.717) is 0 Å². The van der Waals surface area contributed by atoms with E-state index in [1.165, 1.54) is 22.3 Å². The van der Waals surface area contributed by atoms with Crippen LogP contribution in [0.4, 0.5) is 0 Å². The van der Waals surface area contributed by atoms with Crippen LogP contribution in [-0.2, 0) is 5.41 Å². The molecule has 0 N–H and O–H groups in total. The van der Waals surface area contributed by atoms with Crippen molar-refractivity contribution in [1.29, 1.82) is 0 Å². The molecule has 0 unspecified atom stereocenters. The standard InChI is InChI=1S/C18H22/c1-14-11-16(13-17(12-14)18(2,3)4)15-9-7-5-6-8-10-15/h5,7-13H,6H2,1-4H3. The maximum atomic E-state index is 2.32. The number of allylic oxidation sites excluding steroid dienone is 6. The highest BCUT2D eigenvalue weighted by Gasteiger charge is 2.15. The predicted molar refractivity (Wildman–Crippen MR) is 80.8 cm³/mol. The van der Waals surface area contributed by atoms with Crippen molar-refractivity contribution >= 4 is 5.57 Å². The summed E-state index contributed by atoms with van der Waals surface area (Å²) >= 11 is 0. The van der Waals surface area contributed by atoms with Crippen molar-refractivity contribution < 1.29 is 0 Å². The Hall–Kier alpha value is -1.56. The number of hydrogen-bond acceptors (Lipinski definition) is 0. The second kappa shape index (κ2) is 4.97. The molecule has 1 aromatic carbocycles. The first-order valence-electron chi connectivity index (χ1n) is 6.63. The molecule has 0 bridgehead atoms. The van der Waals surface area contributed by atoms with Gasteiger partial charge in [-0.3, -0.25) is 0 Å². The largest absolute Gasteiger partial charge is 0.0807 e. The van der Waals surface area contributed by atoms with Gasteiger partial charge in [-0.25, -0.2) is 0 Å². The third kappa shape index (κ3) is 3.01. The number of rotatable bonds is 1. The summed E-state index contributed by atoms with van der Waals surface area (Å²) in [5, 5.41) is 0. The van der Waals surface area contributed by atoms with Crippen LogP contribution in [0.3, 0.4) is 0 Å². The Labute approximate surface area is 111 Å². The molecule has 1 aromatic rings. The predicted octanol–water partition coefficient (Wildman–Crippen LogP) is 5.19. The van der Waals surface area contributed by atoms with E-state index in [1.807, 2.05) is 0 Å². The lowest BCUT2D eigenvalue weighted by Crippen LogP contribution is -2.11. The Morgan fingerprint density at radius 3 is 2.50 bits per heavy atom. The lowest BCUT2D eigenvalue weighted by molar-refractivity contribution is 0.589. The van der Waals surface area contributed by atoms with Crippen LogP contribution in [0.5, 0.6) is 0 Å². The Bertz CT molecular complexity index is 519. The van der Waals surface area contributed by atoms with Crippen LogP contribution in [0.25, 0.3) is 5.57 Å². The molecule has 0 atom stereocenters. The van der Waals surface area contributed by atoms with Crippen molar-refractivity contribution in [1.82, 2.24) is 0 Å². The van der Waals surface area contributed by atoms with E-state index >= 15 is 0 Å². The van der Waals surface area contributed by atoms with Gasteiger partial charge < -0.3 is 0 Å². The van der Waals surface area contributed by atoms with E-state index in [1.54, 1.807) is 0 Å². The summed E-state index contributed by atoms with van der Waals surface area (Å²) in [6, 6.07) is 6.88. The quantitative estimate of drug-likeness (QED) is 0.631. The summed E-state index contributed by atoms with van der Waals surface area (Å²) in [5.74, 6) is 0. The fraction of sp³-hybridized carbons (Fsp3) is 0.333. The first-order chi connectivity index (χ1) is 8.47. The molecule has 0 heterocycles. The molecule has 1 aliphatic rings. The van der Waals surface area contributed by atoms with Gasteiger partial charge in [0.15, 0.2) is 0 Å². The molecule has 0 aromatic heterocycles. The van der Waals surface area contributed by atoms with E-state index in [-0.39, 0.29) is 5.41 Å². The summed E-state index contributed by atoms with van der Waals surface area (Å²) in [4.78, 5) is 0. The minimum atomic E-state index is 0.200. The Morgan fingerprint density at radius 2 is 1.78 bits per heavy atom. The topological polar surface area (TPSA) is 0 Å². The first-order valence-corrected chi connectivity index (χ1v) is 6.63. The number of aryl methyl sites for hydroxylation is 1. The third-order valence-electron chi connectivity index (χ3n) is 3.26. The van der Waals surface area contributed by atoms with E-state index in [4.69, 9.17) is 0 Å². The number of hydrogen-bond donors (Lipinski definition) is 0. The van der Waals surface area contributed by atoms with Crippen LogP contribution in [0.2, 0.25) is 0 Å². The molecule has 18 heavy (non-hydrogen) atoms. The smallest absolute Gasteiger partial charge is 0.0132 e. The highest BCUT2D eigenvalue weighted by atomic mass is 14.2. The van der Waals surface area contributed by atoms with Crippen LogP contribution in [0, 0.1) is 6.92 Å². The molecule has 94 valence electrons. The molecule has 0 aliphatic heterocycles. The van der Waals surface area contributed by atoms with Gasteiger partial charge in [0.25, 0.3) is 0 Å². The molecule has 1 aliphatic carbocycles. The van der Waals surface area contributed by atoms with Gasteiger partial charge in [-0.2, -0.15) is 0 Å². The molecule has 2 rings (SSSR count). The van der Waals surface area contributed by atoms with Gasteiger partial charge in [0.1, 0.15) is 0 Å². The van der Waals surface area contributed by atoms with Crippen molar-refractivity contribution in [2.75, 3.05) is 0 Å². The van der Waals surface area contributed by atoms with Crippen molar-refractivity contribution in [2.45, 2.75) is 39.5 Å². The molecule has 0 nitrogen and oxygen atoms in total. The van der Waals surface area contributed by atoms with Crippen molar-refractivity contribution in [3.63, 3.8) is 0 Å². The highest BCUT2D eigenvalue weighted by molar-refractivity contribution is 5.76. The van der Waals surface area contributed by atoms with E-state index in [9.17, 15) is 0 Å². The molecule has 0 heteroatoms. The molecular formula is C18H22. The van der Waals surface area contributed by atoms with Crippen molar-refractivity contribution in [3.05, 3.63) is 65.3 Å². The molecule has 0 radical (unpaired) electrons. The molecule has 0 amide bonds. The molecule has 0 spiro atoms. The average molecular weight is 238 g/mol. The van der Waals surface area contributed by atoms with Crippen LogP contribution in [-0.4, -0.2) is 0 Å². The van der Waals surface area contributed by atoms with E-state index in [2.05, 4.69) is 76.3 Å². The summed E-state index contributed by atoms with van der Waals surface area (Å²) in [6.45, 7) is 8.98. The zero-order valence-corrected chi connectivity index (χ0v) is 11.8. The fourth-order valence-electron chi connectivity index (χ4n) is 2.15. The third-order valence-corrected chi connectivity index (χ3v) is 3.26. The van der Waals surface area contributed by atoms with Crippen LogP contribution in [0.1, 0.15) is 43.9 Å². The van der Waals surface area contributed by atoms with Gasteiger partial charge in [0.2, 0.25) is 0 Å². The summed E-state index contributed by atoms with van der Waals surface area (Å²) in [6.07, 6.45) is 12.0. The summed E-state index contributed by atoms with van der Waals surface area (Å²) in [7, 11) is 0. The van der Waals surface area contributed by atoms with E-state index in [0.717, 1.165) is 6.42 Å². The Morgan fingerprint density at radius 1 is 1.00 bits per heavy atom. The Balaban J connectivity index is 2.49. The Kier molecular flexibility index (Phi) is 3.56. The van der Waals surface area contributed by atoms with Gasteiger partial charge in [-0.05, 0) is 35.5 Å². The second-order valence-electron chi connectivity index (χ2n) is 6.03. The lowest BCUT2D eigenvalue weighted by atomic mass is 9.84. The van der Waals surface area contributed by atoms with Gasteiger partial charge in [-0.1, -0.05) is 74.9 Å². The zero-order chi connectivity index (χ0) is 13.2. The minimum absolute atomic E-state index is 0.200. The van der Waals surface area contributed by atoms with Crippen LogP contribution >= 0.6 is 0 Å². The first kappa shape index (κ1) is 12.9. The lowest BCUT2D eigenvalue weighted by Gasteiger charge is -2.21. The second-order valence-corrected chi connectivity index (χ2v) is 6.03. The normalized spacial score (nSPS) is 15.4. The van der Waals surface area contributed by atoms with Crippen LogP contribution < -0.4 is 0 Å². The molecule has 0 saturated carbocycles. The van der Waals surface area contributed by atoms with Crippen molar-refractivity contribution in [3.8, 4) is 0 Å². The monoisotopic (exact) mass is 238 g/mol. The SMILES string of the molecule is Cc1cc(C2=CC=CCC=C2)cc(C(C)(C)C)c1.